The topological polar surface area (TPSA) is 44.2 Å². The number of thiophene rings is 1. The summed E-state index contributed by atoms with van der Waals surface area (Å²) in [7, 11) is 3.27. The Labute approximate surface area is 128 Å². The molecule has 3 rings (SSSR count). The van der Waals surface area contributed by atoms with Gasteiger partial charge >= 0.3 is 0 Å². The smallest absolute Gasteiger partial charge is 0.179 e. The predicted octanol–water partition coefficient (Wildman–Crippen LogP) is 4.14. The van der Waals surface area contributed by atoms with Gasteiger partial charge in [0.25, 0.3) is 0 Å². The van der Waals surface area contributed by atoms with Crippen molar-refractivity contribution in [3.8, 4) is 21.9 Å². The predicted molar refractivity (Wildman–Crippen MR) is 83.7 cm³/mol. The molecule has 3 aromatic rings. The van der Waals surface area contributed by atoms with Crippen LogP contribution in [0.1, 0.15) is 0 Å². The van der Waals surface area contributed by atoms with Gasteiger partial charge in [-0.1, -0.05) is 0 Å². The van der Waals surface area contributed by atoms with Crippen molar-refractivity contribution in [1.29, 1.82) is 0 Å². The fraction of sp³-hybridized carbons (Fsp3) is 0.143. The Balaban J connectivity index is 2.30. The van der Waals surface area contributed by atoms with Gasteiger partial charge in [-0.2, -0.15) is 0 Å². The highest BCUT2D eigenvalue weighted by molar-refractivity contribution is 9.10. The first-order valence-electron chi connectivity index (χ1n) is 5.85. The van der Waals surface area contributed by atoms with Gasteiger partial charge in [0.15, 0.2) is 11.5 Å². The van der Waals surface area contributed by atoms with Crippen LogP contribution in [0.3, 0.4) is 0 Å². The lowest BCUT2D eigenvalue weighted by molar-refractivity contribution is 0.359. The Kier molecular flexibility index (Phi) is 3.58. The molecule has 20 heavy (non-hydrogen) atoms. The second-order valence-corrected chi connectivity index (χ2v) is 5.75. The molecular weight excluding hydrogens is 340 g/mol. The molecule has 0 aliphatic rings. The lowest BCUT2D eigenvalue weighted by Crippen LogP contribution is -1.90. The van der Waals surface area contributed by atoms with Crippen LogP contribution in [0.15, 0.2) is 34.4 Å². The van der Waals surface area contributed by atoms with Gasteiger partial charge in [0.05, 0.1) is 24.6 Å². The van der Waals surface area contributed by atoms with Crippen molar-refractivity contribution in [2.75, 3.05) is 14.2 Å². The summed E-state index contributed by atoms with van der Waals surface area (Å²) in [6, 6.07) is 3.98. The molecule has 0 fully saturated rings. The minimum atomic E-state index is 0.728. The van der Waals surface area contributed by atoms with Crippen molar-refractivity contribution in [2.45, 2.75) is 0 Å². The highest BCUT2D eigenvalue weighted by Gasteiger charge is 2.18. The van der Waals surface area contributed by atoms with E-state index in [1.807, 2.05) is 17.5 Å². The molecule has 0 atom stereocenters. The minimum absolute atomic E-state index is 0.728. The molecule has 0 amide bonds. The Hall–Kier alpha value is -1.66. The van der Waals surface area contributed by atoms with Crippen LogP contribution in [0.4, 0.5) is 0 Å². The fourth-order valence-corrected chi connectivity index (χ4v) is 3.49. The van der Waals surface area contributed by atoms with Gasteiger partial charge in [0, 0.05) is 27.8 Å². The summed E-state index contributed by atoms with van der Waals surface area (Å²) in [5.41, 5.74) is 2.66. The monoisotopic (exact) mass is 350 g/mol. The largest absolute Gasteiger partial charge is 0.492 e. The Morgan fingerprint density at radius 2 is 1.80 bits per heavy atom. The number of methoxy groups -OCH3 is 2. The van der Waals surface area contributed by atoms with Crippen LogP contribution in [0.2, 0.25) is 0 Å². The third kappa shape index (κ3) is 2.05. The fourth-order valence-electron chi connectivity index (χ4n) is 2.06. The number of benzene rings is 1. The lowest BCUT2D eigenvalue weighted by Gasteiger charge is -2.08. The zero-order valence-corrected chi connectivity index (χ0v) is 13.3. The number of hydrogen-bond acceptors (Lipinski definition) is 5. The standard InChI is InChI=1S/C14H11BrN2O2S/c1-18-10-7-20-14(13(10)19-2)8-3-4-9(15)12-11(8)16-5-6-17-12/h3-7H,1-2H3. The lowest BCUT2D eigenvalue weighted by atomic mass is 10.1. The first kappa shape index (κ1) is 13.3. The molecule has 0 aliphatic carbocycles. The second kappa shape index (κ2) is 5.38. The van der Waals surface area contributed by atoms with Gasteiger partial charge in [0.2, 0.25) is 0 Å². The van der Waals surface area contributed by atoms with Gasteiger partial charge in [-0.25, -0.2) is 0 Å². The van der Waals surface area contributed by atoms with Crippen LogP contribution in [0.25, 0.3) is 21.5 Å². The molecule has 2 heterocycles. The van der Waals surface area contributed by atoms with E-state index >= 15 is 0 Å². The van der Waals surface area contributed by atoms with E-state index in [2.05, 4.69) is 25.9 Å². The second-order valence-electron chi connectivity index (χ2n) is 4.01. The molecule has 1 aromatic carbocycles. The SMILES string of the molecule is COc1csc(-c2ccc(Br)c3nccnc23)c1OC. The molecular formula is C14H11BrN2O2S. The van der Waals surface area contributed by atoms with Crippen molar-refractivity contribution in [2.24, 2.45) is 0 Å². The molecule has 0 unspecified atom stereocenters. The molecule has 0 saturated carbocycles. The van der Waals surface area contributed by atoms with E-state index < -0.39 is 0 Å². The maximum absolute atomic E-state index is 5.47. The van der Waals surface area contributed by atoms with Gasteiger partial charge in [-0.15, -0.1) is 11.3 Å². The number of ether oxygens (including phenoxy) is 2. The van der Waals surface area contributed by atoms with Crippen LogP contribution in [-0.4, -0.2) is 24.2 Å². The quantitative estimate of drug-likeness (QED) is 0.712. The molecule has 4 nitrogen and oxygen atoms in total. The molecule has 102 valence electrons. The number of hydrogen-bond donors (Lipinski definition) is 0. The number of rotatable bonds is 3. The van der Waals surface area contributed by atoms with Crippen LogP contribution in [0.5, 0.6) is 11.5 Å². The Morgan fingerprint density at radius 3 is 2.50 bits per heavy atom. The number of fused-ring (bicyclic) bond motifs is 1. The van der Waals surface area contributed by atoms with Crippen molar-refractivity contribution >= 4 is 38.3 Å². The van der Waals surface area contributed by atoms with Gasteiger partial charge < -0.3 is 9.47 Å². The molecule has 0 N–H and O–H groups in total. The van der Waals surface area contributed by atoms with E-state index in [4.69, 9.17) is 9.47 Å². The first-order valence-corrected chi connectivity index (χ1v) is 7.52. The highest BCUT2D eigenvalue weighted by Crippen LogP contribution is 2.45. The zero-order chi connectivity index (χ0) is 14.1. The maximum Gasteiger partial charge on any atom is 0.179 e. The first-order chi connectivity index (χ1) is 9.76. The van der Waals surface area contributed by atoms with E-state index in [1.165, 1.54) is 0 Å². The molecule has 0 spiro atoms. The van der Waals surface area contributed by atoms with E-state index in [0.29, 0.717) is 0 Å². The van der Waals surface area contributed by atoms with Crippen LogP contribution in [-0.2, 0) is 0 Å². The van der Waals surface area contributed by atoms with Crippen LogP contribution in [0, 0.1) is 0 Å². The van der Waals surface area contributed by atoms with Crippen molar-refractivity contribution in [3.05, 3.63) is 34.4 Å². The molecule has 0 saturated heterocycles. The summed E-state index contributed by atoms with van der Waals surface area (Å²) in [6.45, 7) is 0. The van der Waals surface area contributed by atoms with Gasteiger partial charge in [-0.3, -0.25) is 9.97 Å². The van der Waals surface area contributed by atoms with Crippen LogP contribution < -0.4 is 9.47 Å². The average molecular weight is 351 g/mol. The summed E-state index contributed by atoms with van der Waals surface area (Å²) < 4.78 is 11.7. The average Bonchev–Trinajstić information content (AvgIpc) is 2.90. The molecule has 0 radical (unpaired) electrons. The van der Waals surface area contributed by atoms with Crippen LogP contribution >= 0.6 is 27.3 Å². The summed E-state index contributed by atoms with van der Waals surface area (Å²) in [5, 5.41) is 1.93. The molecule has 0 bridgehead atoms. The molecule has 0 aliphatic heterocycles. The van der Waals surface area contributed by atoms with Gasteiger partial charge in [0.1, 0.15) is 5.52 Å². The minimum Gasteiger partial charge on any atom is -0.492 e. The van der Waals surface area contributed by atoms with Crippen molar-refractivity contribution in [1.82, 2.24) is 9.97 Å². The Bertz CT molecular complexity index is 773. The number of aromatic nitrogens is 2. The summed E-state index contributed by atoms with van der Waals surface area (Å²) in [5.74, 6) is 1.46. The highest BCUT2D eigenvalue weighted by atomic mass is 79.9. The molecule has 6 heteroatoms. The number of nitrogens with zero attached hydrogens (tertiary/aromatic N) is 2. The zero-order valence-electron chi connectivity index (χ0n) is 10.9. The van der Waals surface area contributed by atoms with E-state index in [1.54, 1.807) is 38.0 Å². The molecule has 2 aromatic heterocycles. The van der Waals surface area contributed by atoms with E-state index in [9.17, 15) is 0 Å². The third-order valence-electron chi connectivity index (χ3n) is 2.96. The maximum atomic E-state index is 5.47. The van der Waals surface area contributed by atoms with E-state index in [-0.39, 0.29) is 0 Å². The van der Waals surface area contributed by atoms with Gasteiger partial charge in [-0.05, 0) is 28.1 Å². The number of halogens is 1. The Morgan fingerprint density at radius 1 is 1.05 bits per heavy atom. The normalized spacial score (nSPS) is 10.8. The summed E-state index contributed by atoms with van der Waals surface area (Å²) >= 11 is 5.07. The summed E-state index contributed by atoms with van der Waals surface area (Å²) in [6.07, 6.45) is 3.37. The van der Waals surface area contributed by atoms with Crippen molar-refractivity contribution in [3.63, 3.8) is 0 Å². The van der Waals surface area contributed by atoms with E-state index in [0.717, 1.165) is 37.4 Å². The summed E-state index contributed by atoms with van der Waals surface area (Å²) in [4.78, 5) is 9.81. The van der Waals surface area contributed by atoms with Crippen molar-refractivity contribution < 1.29 is 9.47 Å². The third-order valence-corrected chi connectivity index (χ3v) is 4.57.